The molecular weight excluding hydrogens is 443 g/mol. The zero-order valence-electron chi connectivity index (χ0n) is 17.1. The van der Waals surface area contributed by atoms with Crippen LogP contribution in [0.25, 0.3) is 0 Å². The van der Waals surface area contributed by atoms with Crippen molar-refractivity contribution in [3.05, 3.63) is 63.6 Å². The first kappa shape index (κ1) is 24.1. The molecule has 0 unspecified atom stereocenters. The van der Waals surface area contributed by atoms with Gasteiger partial charge in [0.15, 0.2) is 5.11 Å². The van der Waals surface area contributed by atoms with Gasteiger partial charge in [0.25, 0.3) is 0 Å². The third kappa shape index (κ3) is 6.69. The van der Waals surface area contributed by atoms with Gasteiger partial charge in [-0.2, -0.15) is 0 Å². The first-order valence-electron chi connectivity index (χ1n) is 9.54. The first-order valence-corrected chi connectivity index (χ1v) is 10.7. The molecule has 2 aromatic rings. The van der Waals surface area contributed by atoms with Crippen LogP contribution in [-0.2, 0) is 16.1 Å². The second-order valence-corrected chi connectivity index (χ2v) is 8.21. The van der Waals surface area contributed by atoms with Crippen LogP contribution in [0.15, 0.2) is 42.5 Å². The second kappa shape index (κ2) is 11.3. The summed E-state index contributed by atoms with van der Waals surface area (Å²) in [6.07, 6.45) is 0.350. The van der Waals surface area contributed by atoms with E-state index in [9.17, 15) is 9.59 Å². The van der Waals surface area contributed by atoms with Gasteiger partial charge in [-0.15, -0.1) is 0 Å². The summed E-state index contributed by atoms with van der Waals surface area (Å²) >= 11 is 18.2. The van der Waals surface area contributed by atoms with E-state index in [0.717, 1.165) is 0 Å². The van der Waals surface area contributed by atoms with Crippen LogP contribution in [-0.4, -0.2) is 23.6 Å². The Kier molecular flexibility index (Phi) is 9.08. The van der Waals surface area contributed by atoms with E-state index >= 15 is 0 Å². The van der Waals surface area contributed by atoms with Crippen LogP contribution in [0.4, 0.5) is 5.69 Å². The lowest BCUT2D eigenvalue weighted by molar-refractivity contribution is -0.120. The van der Waals surface area contributed by atoms with E-state index in [-0.39, 0.29) is 23.5 Å². The fraction of sp³-hybridized carbons (Fsp3) is 0.318. The molecule has 0 saturated heterocycles. The highest BCUT2D eigenvalue weighted by atomic mass is 35.5. The molecule has 0 saturated carbocycles. The van der Waals surface area contributed by atoms with Gasteiger partial charge in [-0.25, -0.2) is 4.79 Å². The van der Waals surface area contributed by atoms with Crippen molar-refractivity contribution < 1.29 is 14.3 Å². The third-order valence-corrected chi connectivity index (χ3v) is 5.18. The maximum absolute atomic E-state index is 12.3. The summed E-state index contributed by atoms with van der Waals surface area (Å²) in [5.41, 5.74) is 1.77. The zero-order valence-corrected chi connectivity index (χ0v) is 19.4. The van der Waals surface area contributed by atoms with E-state index in [0.29, 0.717) is 39.9 Å². The molecule has 30 heavy (non-hydrogen) atoms. The number of nitrogens with zero attached hydrogens (tertiary/aromatic N) is 1. The number of amides is 1. The highest BCUT2D eigenvalue weighted by Gasteiger charge is 2.19. The van der Waals surface area contributed by atoms with E-state index in [1.807, 2.05) is 13.8 Å². The van der Waals surface area contributed by atoms with Crippen molar-refractivity contribution in [2.24, 2.45) is 5.92 Å². The lowest BCUT2D eigenvalue weighted by Crippen LogP contribution is -2.43. The van der Waals surface area contributed by atoms with Crippen molar-refractivity contribution in [3.8, 4) is 0 Å². The predicted octanol–water partition coefficient (Wildman–Crippen LogP) is 5.62. The summed E-state index contributed by atoms with van der Waals surface area (Å²) < 4.78 is 5.02. The minimum atomic E-state index is -0.405. The molecule has 0 radical (unpaired) electrons. The molecule has 0 aliphatic heterocycles. The van der Waals surface area contributed by atoms with Crippen molar-refractivity contribution in [3.63, 3.8) is 0 Å². The summed E-state index contributed by atoms with van der Waals surface area (Å²) in [4.78, 5) is 25.9. The molecular formula is C22H24Cl2N2O3S. The number of thiocarbonyl (C=S) groups is 1. The van der Waals surface area contributed by atoms with Crippen molar-refractivity contribution in [2.75, 3.05) is 11.5 Å². The van der Waals surface area contributed by atoms with Gasteiger partial charge in [0.1, 0.15) is 0 Å². The molecule has 0 atom stereocenters. The number of anilines is 1. The molecule has 5 nitrogen and oxygen atoms in total. The van der Waals surface area contributed by atoms with Gasteiger partial charge < -0.3 is 15.0 Å². The van der Waals surface area contributed by atoms with Gasteiger partial charge in [0.05, 0.1) is 18.7 Å². The number of halogens is 2. The highest BCUT2D eigenvalue weighted by molar-refractivity contribution is 7.80. The quantitative estimate of drug-likeness (QED) is 0.423. The Labute approximate surface area is 192 Å². The number of nitrogens with one attached hydrogen (secondary N) is 1. The molecule has 0 aliphatic carbocycles. The number of carbonyl (C=O) groups excluding carboxylic acids is 2. The molecule has 0 bridgehead atoms. The SMILES string of the molecule is CCOC(=O)c1ccc(N(Cc2c(Cl)cccc2Cl)C(=S)NC(=O)CC(C)C)cc1. The van der Waals surface area contributed by atoms with Gasteiger partial charge in [-0.1, -0.05) is 43.1 Å². The summed E-state index contributed by atoms with van der Waals surface area (Å²) in [6.45, 7) is 6.21. The monoisotopic (exact) mass is 466 g/mol. The molecule has 1 N–H and O–H groups in total. The lowest BCUT2D eigenvalue weighted by Gasteiger charge is -2.27. The Balaban J connectivity index is 2.34. The van der Waals surface area contributed by atoms with Crippen LogP contribution < -0.4 is 10.2 Å². The number of carbonyl (C=O) groups is 2. The number of hydrogen-bond acceptors (Lipinski definition) is 4. The maximum Gasteiger partial charge on any atom is 0.338 e. The molecule has 1 amide bonds. The molecule has 0 heterocycles. The van der Waals surface area contributed by atoms with Crippen molar-refractivity contribution >= 4 is 58.1 Å². The molecule has 0 aromatic heterocycles. The van der Waals surface area contributed by atoms with E-state index in [4.69, 9.17) is 40.2 Å². The Morgan fingerprint density at radius 2 is 1.70 bits per heavy atom. The van der Waals surface area contributed by atoms with E-state index < -0.39 is 5.97 Å². The van der Waals surface area contributed by atoms with Crippen molar-refractivity contribution in [1.82, 2.24) is 5.32 Å². The normalized spacial score (nSPS) is 10.6. The Morgan fingerprint density at radius 3 is 2.23 bits per heavy atom. The van der Waals surface area contributed by atoms with E-state index in [1.165, 1.54) is 0 Å². The molecule has 160 valence electrons. The molecule has 2 aromatic carbocycles. The molecule has 2 rings (SSSR count). The average molecular weight is 467 g/mol. The van der Waals surface area contributed by atoms with Gasteiger partial charge in [-0.3, -0.25) is 4.79 Å². The van der Waals surface area contributed by atoms with Crippen LogP contribution in [0.3, 0.4) is 0 Å². The topological polar surface area (TPSA) is 58.6 Å². The Hall–Kier alpha value is -2.15. The second-order valence-electron chi connectivity index (χ2n) is 7.01. The van der Waals surface area contributed by atoms with E-state index in [2.05, 4.69) is 5.32 Å². The Bertz CT molecular complexity index is 897. The molecule has 0 spiro atoms. The highest BCUT2D eigenvalue weighted by Crippen LogP contribution is 2.28. The van der Waals surface area contributed by atoms with E-state index in [1.54, 1.807) is 54.3 Å². The Morgan fingerprint density at radius 1 is 1.10 bits per heavy atom. The number of hydrogen-bond donors (Lipinski definition) is 1. The summed E-state index contributed by atoms with van der Waals surface area (Å²) in [7, 11) is 0. The summed E-state index contributed by atoms with van der Waals surface area (Å²) in [5, 5.41) is 3.98. The van der Waals surface area contributed by atoms with Crippen LogP contribution in [0.2, 0.25) is 10.0 Å². The van der Waals surface area contributed by atoms with Crippen molar-refractivity contribution in [2.45, 2.75) is 33.7 Å². The fourth-order valence-electron chi connectivity index (χ4n) is 2.72. The minimum absolute atomic E-state index is 0.173. The zero-order chi connectivity index (χ0) is 22.3. The summed E-state index contributed by atoms with van der Waals surface area (Å²) in [5.74, 6) is -0.380. The van der Waals surface area contributed by atoms with Gasteiger partial charge >= 0.3 is 5.97 Å². The fourth-order valence-corrected chi connectivity index (χ4v) is 3.52. The average Bonchev–Trinajstić information content (AvgIpc) is 2.67. The lowest BCUT2D eigenvalue weighted by atomic mass is 10.1. The van der Waals surface area contributed by atoms with Gasteiger partial charge in [0.2, 0.25) is 5.91 Å². The van der Waals surface area contributed by atoms with Crippen molar-refractivity contribution in [1.29, 1.82) is 0 Å². The number of esters is 1. The largest absolute Gasteiger partial charge is 0.462 e. The smallest absolute Gasteiger partial charge is 0.338 e. The van der Waals surface area contributed by atoms with Gasteiger partial charge in [-0.05, 0) is 61.5 Å². The first-order chi connectivity index (χ1) is 14.2. The summed E-state index contributed by atoms with van der Waals surface area (Å²) in [6, 6.07) is 12.0. The van der Waals surface area contributed by atoms with Crippen LogP contribution in [0, 0.1) is 5.92 Å². The van der Waals surface area contributed by atoms with Crippen LogP contribution >= 0.6 is 35.4 Å². The molecule has 0 fully saturated rings. The molecule has 0 aliphatic rings. The minimum Gasteiger partial charge on any atom is -0.462 e. The van der Waals surface area contributed by atoms with Crippen LogP contribution in [0.5, 0.6) is 0 Å². The standard InChI is InChI=1S/C22H24Cl2N2O3S/c1-4-29-21(28)15-8-10-16(11-9-15)26(22(30)25-20(27)12-14(2)3)13-17-18(23)6-5-7-19(17)24/h5-11,14H,4,12-13H2,1-3H3,(H,25,27,30). The third-order valence-electron chi connectivity index (χ3n) is 4.15. The number of benzene rings is 2. The van der Waals surface area contributed by atoms with Crippen LogP contribution in [0.1, 0.15) is 43.1 Å². The number of rotatable bonds is 7. The van der Waals surface area contributed by atoms with Gasteiger partial charge in [0, 0.05) is 27.7 Å². The number of ether oxygens (including phenoxy) is 1. The predicted molar refractivity (Wildman–Crippen MR) is 125 cm³/mol. The molecule has 8 heteroatoms. The maximum atomic E-state index is 12.3.